The van der Waals surface area contributed by atoms with E-state index in [1.54, 1.807) is 0 Å². The molecule has 1 N–H and O–H groups in total. The van der Waals surface area contributed by atoms with Crippen LogP contribution in [-0.4, -0.2) is 14.0 Å². The second-order valence-corrected chi connectivity index (χ2v) is 10.6. The lowest BCUT2D eigenvalue weighted by molar-refractivity contribution is -0.114. The zero-order valence-corrected chi connectivity index (χ0v) is 10.9. The highest BCUT2D eigenvalue weighted by Gasteiger charge is 2.13. The molecule has 0 aliphatic rings. The Hall–Kier alpha value is -1.09. The highest BCUT2D eigenvalue weighted by Crippen LogP contribution is 2.14. The number of anilines is 1. The number of carbonyl (C=O) groups is 1. The molecule has 0 spiro atoms. The van der Waals surface area contributed by atoms with E-state index in [2.05, 4.69) is 37.1 Å². The molecule has 0 aliphatic heterocycles. The Kier molecular flexibility index (Phi) is 3.69. The molecule has 1 rings (SSSR count). The Labute approximate surface area is 92.7 Å². The van der Waals surface area contributed by atoms with Crippen LogP contribution in [0.2, 0.25) is 19.6 Å². The number of amides is 1. The van der Waals surface area contributed by atoms with E-state index in [1.165, 1.54) is 18.5 Å². The fourth-order valence-corrected chi connectivity index (χ4v) is 2.98. The van der Waals surface area contributed by atoms with Gasteiger partial charge in [-0.05, 0) is 18.2 Å². The Balaban J connectivity index is 2.68. The van der Waals surface area contributed by atoms with Crippen LogP contribution < -0.4 is 5.32 Å². The smallest absolute Gasteiger partial charge is 0.221 e. The number of carbonyl (C=O) groups excluding carboxylic acids is 1. The first kappa shape index (κ1) is 12.0. The van der Waals surface area contributed by atoms with E-state index in [-0.39, 0.29) is 5.91 Å². The summed E-state index contributed by atoms with van der Waals surface area (Å²) in [5.74, 6) is -0.0204. The molecule has 0 heterocycles. The second kappa shape index (κ2) is 4.62. The van der Waals surface area contributed by atoms with E-state index in [1.807, 2.05) is 12.1 Å². The molecule has 0 saturated carbocycles. The van der Waals surface area contributed by atoms with Gasteiger partial charge in [-0.25, -0.2) is 0 Å². The van der Waals surface area contributed by atoms with Crippen LogP contribution in [0.25, 0.3) is 0 Å². The Morgan fingerprint density at radius 1 is 1.20 bits per heavy atom. The van der Waals surface area contributed by atoms with Crippen molar-refractivity contribution in [1.29, 1.82) is 0 Å². The van der Waals surface area contributed by atoms with Crippen molar-refractivity contribution in [3.63, 3.8) is 0 Å². The Morgan fingerprint density at radius 2 is 1.73 bits per heavy atom. The van der Waals surface area contributed by atoms with E-state index in [0.717, 1.165) is 5.69 Å². The van der Waals surface area contributed by atoms with Gasteiger partial charge in [-0.15, -0.1) is 0 Å². The first-order valence-corrected chi connectivity index (χ1v) is 8.94. The Bertz CT molecular complexity index is 338. The number of hydrogen-bond donors (Lipinski definition) is 1. The van der Waals surface area contributed by atoms with Gasteiger partial charge in [-0.3, -0.25) is 4.79 Å². The number of rotatable bonds is 3. The van der Waals surface area contributed by atoms with Gasteiger partial charge in [0.05, 0.1) is 0 Å². The molecule has 0 atom stereocenters. The molecular weight excluding hydrogens is 202 g/mol. The van der Waals surface area contributed by atoms with Crippen molar-refractivity contribution in [3.8, 4) is 0 Å². The summed E-state index contributed by atoms with van der Waals surface area (Å²) in [6.07, 6.45) is 0. The lowest BCUT2D eigenvalue weighted by Crippen LogP contribution is -2.23. The molecule has 1 amide bonds. The van der Waals surface area contributed by atoms with Crippen molar-refractivity contribution in [2.75, 3.05) is 5.32 Å². The summed E-state index contributed by atoms with van der Waals surface area (Å²) in [5, 5.41) is 2.77. The predicted octanol–water partition coefficient (Wildman–Crippen LogP) is 3.06. The van der Waals surface area contributed by atoms with Gasteiger partial charge in [-0.1, -0.05) is 37.3 Å². The fraction of sp³-hybridized carbons (Fsp3) is 0.417. The summed E-state index contributed by atoms with van der Waals surface area (Å²) in [5.41, 5.74) is 2.24. The average molecular weight is 221 g/mol. The molecule has 0 bridgehead atoms. The molecule has 82 valence electrons. The summed E-state index contributed by atoms with van der Waals surface area (Å²) in [4.78, 5) is 10.8. The van der Waals surface area contributed by atoms with Crippen molar-refractivity contribution in [1.82, 2.24) is 0 Å². The highest BCUT2D eigenvalue weighted by atomic mass is 28.3. The molecule has 15 heavy (non-hydrogen) atoms. The number of benzene rings is 1. The minimum Gasteiger partial charge on any atom is -0.326 e. The first-order valence-electron chi connectivity index (χ1n) is 5.23. The molecule has 1 aromatic rings. The molecule has 0 fully saturated rings. The summed E-state index contributed by atoms with van der Waals surface area (Å²) >= 11 is 0. The van der Waals surface area contributed by atoms with Gasteiger partial charge in [0.15, 0.2) is 0 Å². The van der Waals surface area contributed by atoms with Gasteiger partial charge in [0, 0.05) is 20.7 Å². The Morgan fingerprint density at radius 3 is 2.13 bits per heavy atom. The van der Waals surface area contributed by atoms with E-state index in [4.69, 9.17) is 0 Å². The zero-order chi connectivity index (χ0) is 11.5. The first-order chi connectivity index (χ1) is 6.87. The quantitative estimate of drug-likeness (QED) is 0.781. The molecule has 0 saturated heterocycles. The third kappa shape index (κ3) is 4.79. The molecule has 1 aromatic carbocycles. The SMILES string of the molecule is CC(=O)Nc1ccc(C[Si](C)(C)C)cc1. The van der Waals surface area contributed by atoms with Crippen LogP contribution in [0.5, 0.6) is 0 Å². The topological polar surface area (TPSA) is 29.1 Å². The van der Waals surface area contributed by atoms with E-state index in [0.29, 0.717) is 0 Å². The predicted molar refractivity (Wildman–Crippen MR) is 67.8 cm³/mol. The lowest BCUT2D eigenvalue weighted by Gasteiger charge is -2.15. The largest absolute Gasteiger partial charge is 0.326 e. The zero-order valence-electron chi connectivity index (χ0n) is 9.92. The van der Waals surface area contributed by atoms with Gasteiger partial charge in [0.25, 0.3) is 0 Å². The molecule has 3 heteroatoms. The average Bonchev–Trinajstić information content (AvgIpc) is 2.05. The van der Waals surface area contributed by atoms with Crippen molar-refractivity contribution in [3.05, 3.63) is 29.8 Å². The van der Waals surface area contributed by atoms with Crippen molar-refractivity contribution < 1.29 is 4.79 Å². The maximum atomic E-state index is 10.8. The summed E-state index contributed by atoms with van der Waals surface area (Å²) in [7, 11) is -1.03. The van der Waals surface area contributed by atoms with Crippen LogP contribution in [0.15, 0.2) is 24.3 Å². The standard InChI is InChI=1S/C12H19NOSi/c1-10(14)13-12-7-5-11(6-8-12)9-15(2,3)4/h5-8H,9H2,1-4H3,(H,13,14). The van der Waals surface area contributed by atoms with Crippen LogP contribution in [0, 0.1) is 0 Å². The van der Waals surface area contributed by atoms with Gasteiger partial charge in [0.1, 0.15) is 0 Å². The maximum absolute atomic E-state index is 10.8. The fourth-order valence-electron chi connectivity index (χ4n) is 1.52. The van der Waals surface area contributed by atoms with Crippen LogP contribution in [-0.2, 0) is 10.8 Å². The van der Waals surface area contributed by atoms with Crippen LogP contribution in [0.4, 0.5) is 5.69 Å². The normalized spacial score (nSPS) is 11.2. The summed E-state index contributed by atoms with van der Waals surface area (Å²) < 4.78 is 0. The molecule has 2 nitrogen and oxygen atoms in total. The van der Waals surface area contributed by atoms with Crippen LogP contribution >= 0.6 is 0 Å². The molecule has 0 radical (unpaired) electrons. The maximum Gasteiger partial charge on any atom is 0.221 e. The van der Waals surface area contributed by atoms with Gasteiger partial charge in [-0.2, -0.15) is 0 Å². The van der Waals surface area contributed by atoms with Crippen LogP contribution in [0.3, 0.4) is 0 Å². The lowest BCUT2D eigenvalue weighted by atomic mass is 10.2. The molecule has 0 aliphatic carbocycles. The van der Waals surface area contributed by atoms with Gasteiger partial charge >= 0.3 is 0 Å². The van der Waals surface area contributed by atoms with Crippen molar-refractivity contribution >= 4 is 19.7 Å². The summed E-state index contributed by atoms with van der Waals surface area (Å²) in [6.45, 7) is 8.59. The van der Waals surface area contributed by atoms with E-state index in [9.17, 15) is 4.79 Å². The van der Waals surface area contributed by atoms with Gasteiger partial charge in [0.2, 0.25) is 5.91 Å². The van der Waals surface area contributed by atoms with Crippen molar-refractivity contribution in [2.45, 2.75) is 32.6 Å². The highest BCUT2D eigenvalue weighted by molar-refractivity contribution is 6.75. The summed E-state index contributed by atoms with van der Waals surface area (Å²) in [6, 6.07) is 9.33. The van der Waals surface area contributed by atoms with Gasteiger partial charge < -0.3 is 5.32 Å². The number of hydrogen-bond acceptors (Lipinski definition) is 1. The molecule has 0 unspecified atom stereocenters. The minimum atomic E-state index is -1.03. The van der Waals surface area contributed by atoms with Crippen LogP contribution in [0.1, 0.15) is 12.5 Å². The third-order valence-corrected chi connectivity index (χ3v) is 3.48. The number of nitrogens with one attached hydrogen (secondary N) is 1. The third-order valence-electron chi connectivity index (χ3n) is 2.01. The second-order valence-electron chi connectivity index (χ2n) is 5.12. The van der Waals surface area contributed by atoms with E-state index < -0.39 is 8.07 Å². The monoisotopic (exact) mass is 221 g/mol. The minimum absolute atomic E-state index is 0.0204. The molecule has 0 aromatic heterocycles. The van der Waals surface area contributed by atoms with E-state index >= 15 is 0 Å². The van der Waals surface area contributed by atoms with Crippen molar-refractivity contribution in [2.24, 2.45) is 0 Å². The molecular formula is C12H19NOSi.